The molecule has 7 heteroatoms. The Morgan fingerprint density at radius 2 is 2.35 bits per heavy atom. The van der Waals surface area contributed by atoms with Gasteiger partial charge in [-0.3, -0.25) is 9.59 Å². The second-order valence-corrected chi connectivity index (χ2v) is 3.20. The zero-order valence-corrected chi connectivity index (χ0v) is 9.08. The van der Waals surface area contributed by atoms with Gasteiger partial charge in [0.15, 0.2) is 5.65 Å². The summed E-state index contributed by atoms with van der Waals surface area (Å²) in [5, 5.41) is 6.39. The van der Waals surface area contributed by atoms with Gasteiger partial charge >= 0.3 is 5.97 Å². The van der Waals surface area contributed by atoms with Crippen LogP contribution in [0.2, 0.25) is 0 Å². The Morgan fingerprint density at radius 3 is 3.12 bits per heavy atom. The van der Waals surface area contributed by atoms with E-state index >= 15 is 0 Å². The van der Waals surface area contributed by atoms with Gasteiger partial charge in [-0.15, -0.1) is 0 Å². The van der Waals surface area contributed by atoms with E-state index in [1.807, 2.05) is 0 Å². The molecule has 0 radical (unpaired) electrons. The van der Waals surface area contributed by atoms with E-state index in [0.717, 1.165) is 0 Å². The van der Waals surface area contributed by atoms with E-state index in [9.17, 15) is 9.59 Å². The molecule has 1 amide bonds. The van der Waals surface area contributed by atoms with E-state index in [-0.39, 0.29) is 6.54 Å². The molecule has 2 heterocycles. The topological polar surface area (TPSA) is 85.6 Å². The summed E-state index contributed by atoms with van der Waals surface area (Å²) in [6.07, 6.45) is 4.64. The molecule has 2 aromatic rings. The fourth-order valence-corrected chi connectivity index (χ4v) is 1.31. The maximum absolute atomic E-state index is 11.7. The van der Waals surface area contributed by atoms with E-state index in [2.05, 4.69) is 20.1 Å². The smallest absolute Gasteiger partial charge is 0.325 e. The highest BCUT2D eigenvalue weighted by Gasteiger charge is 2.14. The first kappa shape index (κ1) is 11.1. The molecule has 0 bridgehead atoms. The molecule has 0 saturated heterocycles. The second-order valence-electron chi connectivity index (χ2n) is 3.20. The summed E-state index contributed by atoms with van der Waals surface area (Å²) in [5.74, 6) is -0.924. The normalized spacial score (nSPS) is 10.2. The number of nitrogens with zero attached hydrogens (tertiary/aromatic N) is 3. The van der Waals surface area contributed by atoms with Crippen molar-refractivity contribution in [2.24, 2.45) is 0 Å². The number of hydrogen-bond donors (Lipinski definition) is 1. The summed E-state index contributed by atoms with van der Waals surface area (Å²) in [7, 11) is 1.26. The predicted octanol–water partition coefficient (Wildman–Crippen LogP) is -0.368. The lowest BCUT2D eigenvalue weighted by molar-refractivity contribution is -0.139. The number of rotatable bonds is 3. The van der Waals surface area contributed by atoms with Gasteiger partial charge in [-0.05, 0) is 6.07 Å². The van der Waals surface area contributed by atoms with Crippen LogP contribution in [0.1, 0.15) is 10.4 Å². The minimum Gasteiger partial charge on any atom is -0.468 e. The molecule has 0 unspecified atom stereocenters. The van der Waals surface area contributed by atoms with Crippen molar-refractivity contribution < 1.29 is 14.3 Å². The van der Waals surface area contributed by atoms with Gasteiger partial charge in [-0.2, -0.15) is 5.10 Å². The van der Waals surface area contributed by atoms with Crippen LogP contribution in [-0.4, -0.2) is 40.1 Å². The molecule has 0 spiro atoms. The number of aromatic nitrogens is 3. The Bertz CT molecular complexity index is 563. The van der Waals surface area contributed by atoms with E-state index in [4.69, 9.17) is 0 Å². The van der Waals surface area contributed by atoms with Crippen LogP contribution in [0.5, 0.6) is 0 Å². The van der Waals surface area contributed by atoms with E-state index in [1.54, 1.807) is 18.5 Å². The Labute approximate surface area is 96.4 Å². The summed E-state index contributed by atoms with van der Waals surface area (Å²) >= 11 is 0. The summed E-state index contributed by atoms with van der Waals surface area (Å²) in [5.41, 5.74) is 0.754. The maximum Gasteiger partial charge on any atom is 0.325 e. The first-order valence-corrected chi connectivity index (χ1v) is 4.85. The quantitative estimate of drug-likeness (QED) is 0.732. The third-order valence-corrected chi connectivity index (χ3v) is 2.14. The van der Waals surface area contributed by atoms with E-state index in [1.165, 1.54) is 17.8 Å². The minimum atomic E-state index is -0.511. The number of nitrogens with one attached hydrogen (secondary N) is 1. The monoisotopic (exact) mass is 234 g/mol. The third kappa shape index (κ3) is 2.22. The SMILES string of the molecule is COC(=O)CNC(=O)c1cnn2cccnc12. The van der Waals surface area contributed by atoms with Crippen molar-refractivity contribution in [1.82, 2.24) is 19.9 Å². The molecule has 0 atom stereocenters. The van der Waals surface area contributed by atoms with Gasteiger partial charge in [0, 0.05) is 12.4 Å². The minimum absolute atomic E-state index is 0.181. The number of hydrogen-bond acceptors (Lipinski definition) is 5. The molecule has 2 aromatic heterocycles. The predicted molar refractivity (Wildman–Crippen MR) is 57.3 cm³/mol. The number of methoxy groups -OCH3 is 1. The average molecular weight is 234 g/mol. The molecule has 0 aliphatic heterocycles. The molecule has 0 saturated carbocycles. The van der Waals surface area contributed by atoms with Gasteiger partial charge in [0.05, 0.1) is 13.3 Å². The number of carbonyl (C=O) groups is 2. The van der Waals surface area contributed by atoms with Crippen molar-refractivity contribution in [3.8, 4) is 0 Å². The number of fused-ring (bicyclic) bond motifs is 1. The van der Waals surface area contributed by atoms with Gasteiger partial charge < -0.3 is 10.1 Å². The molecular weight excluding hydrogens is 224 g/mol. The van der Waals surface area contributed by atoms with Crippen LogP contribution in [0.3, 0.4) is 0 Å². The molecule has 7 nitrogen and oxygen atoms in total. The highest BCUT2D eigenvalue weighted by Crippen LogP contribution is 2.06. The second kappa shape index (κ2) is 4.60. The molecule has 0 aromatic carbocycles. The molecule has 0 aliphatic carbocycles. The number of ether oxygens (including phenoxy) is 1. The van der Waals surface area contributed by atoms with E-state index < -0.39 is 11.9 Å². The Morgan fingerprint density at radius 1 is 1.53 bits per heavy atom. The lowest BCUT2D eigenvalue weighted by Gasteiger charge is -2.01. The van der Waals surface area contributed by atoms with Crippen LogP contribution in [0, 0.1) is 0 Å². The van der Waals surface area contributed by atoms with E-state index in [0.29, 0.717) is 11.2 Å². The highest BCUT2D eigenvalue weighted by atomic mass is 16.5. The Hall–Kier alpha value is -2.44. The summed E-state index contributed by atoms with van der Waals surface area (Å²) < 4.78 is 5.89. The van der Waals surface area contributed by atoms with Crippen molar-refractivity contribution >= 4 is 17.5 Å². The lowest BCUT2D eigenvalue weighted by Crippen LogP contribution is -2.30. The Balaban J connectivity index is 2.17. The van der Waals surface area contributed by atoms with Gasteiger partial charge in [0.2, 0.25) is 0 Å². The first-order chi connectivity index (χ1) is 8.22. The zero-order valence-electron chi connectivity index (χ0n) is 9.08. The fourth-order valence-electron chi connectivity index (χ4n) is 1.31. The summed E-state index contributed by atoms with van der Waals surface area (Å²) in [6, 6.07) is 1.70. The molecule has 0 aliphatic rings. The van der Waals surface area contributed by atoms with Crippen molar-refractivity contribution in [3.05, 3.63) is 30.2 Å². The zero-order chi connectivity index (χ0) is 12.3. The van der Waals surface area contributed by atoms with Crippen molar-refractivity contribution in [3.63, 3.8) is 0 Å². The van der Waals surface area contributed by atoms with Crippen LogP contribution in [0.15, 0.2) is 24.7 Å². The largest absolute Gasteiger partial charge is 0.468 e. The number of amides is 1. The van der Waals surface area contributed by atoms with Gasteiger partial charge in [0.25, 0.3) is 5.91 Å². The van der Waals surface area contributed by atoms with Crippen molar-refractivity contribution in [2.45, 2.75) is 0 Å². The van der Waals surface area contributed by atoms with Crippen LogP contribution in [0.25, 0.3) is 5.65 Å². The van der Waals surface area contributed by atoms with Crippen LogP contribution >= 0.6 is 0 Å². The summed E-state index contributed by atoms with van der Waals surface area (Å²) in [6.45, 7) is -0.181. The van der Waals surface area contributed by atoms with Crippen LogP contribution in [-0.2, 0) is 9.53 Å². The van der Waals surface area contributed by atoms with Gasteiger partial charge in [0.1, 0.15) is 12.1 Å². The fraction of sp³-hybridized carbons (Fsp3) is 0.200. The third-order valence-electron chi connectivity index (χ3n) is 2.14. The van der Waals surface area contributed by atoms with Gasteiger partial charge in [-0.1, -0.05) is 0 Å². The molecule has 17 heavy (non-hydrogen) atoms. The van der Waals surface area contributed by atoms with Crippen LogP contribution < -0.4 is 5.32 Å². The van der Waals surface area contributed by atoms with Crippen molar-refractivity contribution in [1.29, 1.82) is 0 Å². The lowest BCUT2D eigenvalue weighted by atomic mass is 10.3. The maximum atomic E-state index is 11.7. The molecule has 0 fully saturated rings. The number of carbonyl (C=O) groups excluding carboxylic acids is 2. The highest BCUT2D eigenvalue weighted by molar-refractivity contribution is 6.00. The molecular formula is C10H10N4O3. The molecule has 88 valence electrons. The number of esters is 1. The standard InChI is InChI=1S/C10H10N4O3/c1-17-8(15)6-12-10(16)7-5-13-14-4-2-3-11-9(7)14/h2-5H,6H2,1H3,(H,12,16). The van der Waals surface area contributed by atoms with Crippen LogP contribution in [0.4, 0.5) is 0 Å². The molecule has 2 rings (SSSR count). The van der Waals surface area contributed by atoms with Gasteiger partial charge in [-0.25, -0.2) is 9.50 Å². The summed E-state index contributed by atoms with van der Waals surface area (Å²) in [4.78, 5) is 26.6. The average Bonchev–Trinajstić information content (AvgIpc) is 2.79. The first-order valence-electron chi connectivity index (χ1n) is 4.85. The Kier molecular flexibility index (Phi) is 2.99. The van der Waals surface area contributed by atoms with Crippen molar-refractivity contribution in [2.75, 3.05) is 13.7 Å². The molecule has 1 N–H and O–H groups in total.